The molecule has 1 rings (SSSR count). The second kappa shape index (κ2) is 26.8. The Morgan fingerprint density at radius 1 is 0.432 bits per heavy atom. The summed E-state index contributed by atoms with van der Waals surface area (Å²) >= 11 is 0. The lowest BCUT2D eigenvalue weighted by atomic mass is 10.0. The van der Waals surface area contributed by atoms with E-state index in [0.29, 0.717) is 0 Å². The quantitative estimate of drug-likeness (QED) is 0.0805. The molecular formula is C35H69N2+. The lowest BCUT2D eigenvalue weighted by molar-refractivity contribution is -0.710. The van der Waals surface area contributed by atoms with Crippen LogP contribution >= 0.6 is 0 Å². The van der Waals surface area contributed by atoms with Gasteiger partial charge in [0.25, 0.3) is 5.82 Å². The number of rotatable bonds is 29. The number of hydrogen-bond acceptors (Lipinski definition) is 0. The first kappa shape index (κ1) is 34.2. The third kappa shape index (κ3) is 19.9. The van der Waals surface area contributed by atoms with Crippen molar-refractivity contribution in [3.05, 3.63) is 17.7 Å². The lowest BCUT2D eigenvalue weighted by Crippen LogP contribution is -2.40. The molecule has 0 bridgehead atoms. The maximum Gasteiger partial charge on any atom is 0.254 e. The van der Waals surface area contributed by atoms with E-state index in [2.05, 4.69) is 36.5 Å². The van der Waals surface area contributed by atoms with E-state index in [1.807, 2.05) is 0 Å². The molecule has 1 N–H and O–H groups in total. The van der Waals surface area contributed by atoms with Crippen LogP contribution in [0.3, 0.4) is 0 Å². The molecule has 0 spiro atoms. The predicted molar refractivity (Wildman–Crippen MR) is 165 cm³/mol. The first-order valence-corrected chi connectivity index (χ1v) is 17.4. The van der Waals surface area contributed by atoms with Gasteiger partial charge in [-0.2, -0.15) is 0 Å². The summed E-state index contributed by atoms with van der Waals surface area (Å²) in [7, 11) is 0. The Labute approximate surface area is 234 Å². The molecule has 0 amide bonds. The van der Waals surface area contributed by atoms with Crippen molar-refractivity contribution >= 4 is 0 Å². The highest BCUT2D eigenvalue weighted by atomic mass is 15.1. The second-order valence-corrected chi connectivity index (χ2v) is 12.0. The first-order chi connectivity index (χ1) is 18.3. The highest BCUT2D eigenvalue weighted by molar-refractivity contribution is 4.92. The van der Waals surface area contributed by atoms with E-state index in [4.69, 9.17) is 0 Å². The minimum atomic E-state index is 1.21. The minimum absolute atomic E-state index is 1.21. The summed E-state index contributed by atoms with van der Waals surface area (Å²) < 4.78 is 2.65. The van der Waals surface area contributed by atoms with E-state index < -0.39 is 0 Å². The lowest BCUT2D eigenvalue weighted by Gasteiger charge is -2.06. The molecule has 37 heavy (non-hydrogen) atoms. The van der Waals surface area contributed by atoms with Crippen LogP contribution in [0.15, 0.2) is 6.20 Å². The number of imidazole rings is 1. The van der Waals surface area contributed by atoms with Gasteiger partial charge < -0.3 is 0 Å². The van der Waals surface area contributed by atoms with Crippen molar-refractivity contribution in [2.24, 2.45) is 0 Å². The van der Waals surface area contributed by atoms with Crippen LogP contribution in [0.4, 0.5) is 0 Å². The van der Waals surface area contributed by atoms with Crippen molar-refractivity contribution in [1.82, 2.24) is 4.98 Å². The zero-order chi connectivity index (χ0) is 26.7. The van der Waals surface area contributed by atoms with Gasteiger partial charge in [0.15, 0.2) is 0 Å². The molecule has 2 nitrogen and oxygen atoms in total. The molecule has 1 heterocycles. The largest absolute Gasteiger partial charge is 0.254 e. The summed E-state index contributed by atoms with van der Waals surface area (Å²) in [5, 5.41) is 0. The van der Waals surface area contributed by atoms with Crippen LogP contribution in [0.2, 0.25) is 0 Å². The molecule has 1 aromatic rings. The Morgan fingerprint density at radius 2 is 0.784 bits per heavy atom. The van der Waals surface area contributed by atoms with Crippen LogP contribution in [0, 0.1) is 0 Å². The summed E-state index contributed by atoms with van der Waals surface area (Å²) in [6.07, 6.45) is 41.8. The molecule has 218 valence electrons. The van der Waals surface area contributed by atoms with Crippen molar-refractivity contribution < 1.29 is 4.57 Å². The Morgan fingerprint density at radius 3 is 1.19 bits per heavy atom. The highest BCUT2D eigenvalue weighted by Crippen LogP contribution is 2.15. The highest BCUT2D eigenvalue weighted by Gasteiger charge is 2.16. The van der Waals surface area contributed by atoms with E-state index in [-0.39, 0.29) is 0 Å². The van der Waals surface area contributed by atoms with Gasteiger partial charge in [0.2, 0.25) is 0 Å². The van der Waals surface area contributed by atoms with Crippen molar-refractivity contribution in [1.29, 1.82) is 0 Å². The van der Waals surface area contributed by atoms with Gasteiger partial charge in [0.1, 0.15) is 11.9 Å². The zero-order valence-corrected chi connectivity index (χ0v) is 26.0. The second-order valence-electron chi connectivity index (χ2n) is 12.0. The van der Waals surface area contributed by atoms with Gasteiger partial charge in [-0.3, -0.25) is 0 Å². The summed E-state index contributed by atoms with van der Waals surface area (Å²) in [6, 6.07) is 0. The molecule has 0 saturated carbocycles. The normalized spacial score (nSPS) is 11.5. The molecule has 0 atom stereocenters. The maximum absolute atomic E-state index is 3.66. The van der Waals surface area contributed by atoms with Gasteiger partial charge in [-0.15, -0.1) is 0 Å². The molecular weight excluding hydrogens is 448 g/mol. The van der Waals surface area contributed by atoms with E-state index in [1.54, 1.807) is 5.69 Å². The van der Waals surface area contributed by atoms with E-state index in [9.17, 15) is 0 Å². The fraction of sp³-hybridized carbons (Fsp3) is 0.914. The molecule has 0 aliphatic heterocycles. The van der Waals surface area contributed by atoms with Crippen LogP contribution in [0.5, 0.6) is 0 Å². The number of unbranched alkanes of at least 4 members (excludes halogenated alkanes) is 23. The first-order valence-electron chi connectivity index (χ1n) is 17.4. The van der Waals surface area contributed by atoms with Crippen LogP contribution < -0.4 is 4.57 Å². The summed E-state index contributed by atoms with van der Waals surface area (Å²) in [5.41, 5.74) is 1.56. The van der Waals surface area contributed by atoms with Gasteiger partial charge in [-0.25, -0.2) is 9.55 Å². The number of aromatic nitrogens is 2. The van der Waals surface area contributed by atoms with Gasteiger partial charge in [-0.05, 0) is 19.3 Å². The summed E-state index contributed by atoms with van der Waals surface area (Å²) in [6.45, 7) is 8.14. The van der Waals surface area contributed by atoms with Gasteiger partial charge in [0, 0.05) is 12.8 Å². The monoisotopic (exact) mass is 518 g/mol. The van der Waals surface area contributed by atoms with E-state index in [0.717, 1.165) is 0 Å². The Bertz CT molecular complexity index is 576. The van der Waals surface area contributed by atoms with Crippen LogP contribution in [0.25, 0.3) is 0 Å². The molecule has 0 aliphatic rings. The predicted octanol–water partition coefficient (Wildman–Crippen LogP) is 11.6. The van der Waals surface area contributed by atoms with Crippen LogP contribution in [0.1, 0.15) is 199 Å². The molecule has 0 aromatic carbocycles. The van der Waals surface area contributed by atoms with Crippen LogP contribution in [-0.4, -0.2) is 4.98 Å². The Balaban J connectivity index is 2.04. The fourth-order valence-corrected chi connectivity index (χ4v) is 5.79. The average Bonchev–Trinajstić information content (AvgIpc) is 3.29. The molecule has 0 fully saturated rings. The number of hydrogen-bond donors (Lipinski definition) is 1. The Kier molecular flexibility index (Phi) is 24.8. The van der Waals surface area contributed by atoms with Gasteiger partial charge >= 0.3 is 0 Å². The number of nitrogens with one attached hydrogen (secondary N) is 1. The molecule has 0 unspecified atom stereocenters. The fourth-order valence-electron chi connectivity index (χ4n) is 5.79. The molecule has 0 aliphatic carbocycles. The molecule has 0 radical (unpaired) electrons. The van der Waals surface area contributed by atoms with E-state index in [1.165, 1.54) is 192 Å². The van der Waals surface area contributed by atoms with E-state index >= 15 is 0 Å². The standard InChI is InChI=1S/C35H68N2/c1-4-7-10-12-14-15-16-17-18-19-20-21-22-23-25-26-28-30-34-33-36-35(37(34)32-9-6-3)31-29-27-24-13-11-8-5-2/h33H,4-32H2,1-3H3/p+1. The van der Waals surface area contributed by atoms with Gasteiger partial charge in [0.05, 0.1) is 6.54 Å². The topological polar surface area (TPSA) is 19.7 Å². The minimum Gasteiger partial charge on any atom is -0.247 e. The van der Waals surface area contributed by atoms with Crippen molar-refractivity contribution in [3.8, 4) is 0 Å². The van der Waals surface area contributed by atoms with Crippen molar-refractivity contribution in [2.45, 2.75) is 207 Å². The van der Waals surface area contributed by atoms with Crippen LogP contribution in [-0.2, 0) is 19.4 Å². The maximum atomic E-state index is 3.66. The number of H-pyrrole nitrogens is 1. The smallest absolute Gasteiger partial charge is 0.247 e. The molecule has 2 heteroatoms. The van der Waals surface area contributed by atoms with Crippen molar-refractivity contribution in [2.75, 3.05) is 0 Å². The summed E-state index contributed by atoms with van der Waals surface area (Å²) in [5.74, 6) is 1.49. The van der Waals surface area contributed by atoms with Gasteiger partial charge in [-0.1, -0.05) is 168 Å². The molecule has 0 saturated heterocycles. The summed E-state index contributed by atoms with van der Waals surface area (Å²) in [4.78, 5) is 3.66. The van der Waals surface area contributed by atoms with Crippen molar-refractivity contribution in [3.63, 3.8) is 0 Å². The molecule has 1 aromatic heterocycles. The third-order valence-electron chi connectivity index (χ3n) is 8.37. The average molecular weight is 518 g/mol. The zero-order valence-electron chi connectivity index (χ0n) is 26.0. The number of aromatic amines is 1. The number of nitrogens with zero attached hydrogens (tertiary/aromatic N) is 1. The SMILES string of the molecule is CCCCCCCCCCCCCCCCCCCc1c[nH]c(CCCCCCCCC)[n+]1CCCC. The third-order valence-corrected chi connectivity index (χ3v) is 8.37. The number of aryl methyl sites for hydroxylation is 2. The Hall–Kier alpha value is -0.790.